The van der Waals surface area contributed by atoms with Crippen LogP contribution in [0.1, 0.15) is 19.4 Å². The largest absolute Gasteiger partial charge is 0.390 e. The molecule has 2 unspecified atom stereocenters. The fraction of sp³-hybridized carbons (Fsp3) is 0.333. The summed E-state index contributed by atoms with van der Waals surface area (Å²) in [7, 11) is 0. The average Bonchev–Trinajstić information content (AvgIpc) is 2.17. The van der Waals surface area contributed by atoms with Crippen LogP contribution in [0.4, 0.5) is 0 Å². The molecule has 14 heavy (non-hydrogen) atoms. The summed E-state index contributed by atoms with van der Waals surface area (Å²) in [5, 5.41) is 19.9. The van der Waals surface area contributed by atoms with Crippen LogP contribution < -0.4 is 0 Å². The second kappa shape index (κ2) is 3.95. The van der Waals surface area contributed by atoms with Gasteiger partial charge in [-0.25, -0.2) is 0 Å². The molecule has 0 aliphatic carbocycles. The molecular weight excluding hydrogens is 176 g/mol. The summed E-state index contributed by atoms with van der Waals surface area (Å²) in [6.45, 7) is 6.98. The van der Waals surface area contributed by atoms with Crippen molar-refractivity contribution in [1.29, 1.82) is 0 Å². The van der Waals surface area contributed by atoms with Gasteiger partial charge in [-0.3, -0.25) is 0 Å². The Hall–Kier alpha value is -1.12. The van der Waals surface area contributed by atoms with E-state index in [0.717, 1.165) is 0 Å². The molecule has 0 bridgehead atoms. The Balaban J connectivity index is 3.20. The second-order valence-corrected chi connectivity index (χ2v) is 3.59. The van der Waals surface area contributed by atoms with Crippen molar-refractivity contribution in [3.63, 3.8) is 0 Å². The van der Waals surface area contributed by atoms with Crippen LogP contribution in [0.3, 0.4) is 0 Å². The Morgan fingerprint density at radius 2 is 1.86 bits per heavy atom. The minimum atomic E-state index is -1.35. The van der Waals surface area contributed by atoms with Gasteiger partial charge in [0, 0.05) is 0 Å². The predicted octanol–water partition coefficient (Wildman–Crippen LogP) is 1.83. The molecule has 0 aliphatic rings. The molecule has 2 atom stereocenters. The molecule has 0 radical (unpaired) electrons. The first-order valence-corrected chi connectivity index (χ1v) is 4.61. The average molecular weight is 192 g/mol. The van der Waals surface area contributed by atoms with E-state index in [-0.39, 0.29) is 0 Å². The number of aliphatic hydroxyl groups is 2. The molecule has 76 valence electrons. The Kier molecular flexibility index (Phi) is 3.09. The summed E-state index contributed by atoms with van der Waals surface area (Å²) in [6, 6.07) is 9.07. The molecule has 2 N–H and O–H groups in total. The molecule has 2 heteroatoms. The van der Waals surface area contributed by atoms with E-state index < -0.39 is 11.7 Å². The molecule has 0 aromatic heterocycles. The SMILES string of the molecule is C=C(C)C(O)(c1ccccc1)C(C)O. The number of hydrogen-bond donors (Lipinski definition) is 2. The molecule has 0 saturated heterocycles. The Morgan fingerprint density at radius 3 is 2.21 bits per heavy atom. The van der Waals surface area contributed by atoms with Gasteiger partial charge >= 0.3 is 0 Å². The molecule has 0 heterocycles. The van der Waals surface area contributed by atoms with Gasteiger partial charge in [-0.2, -0.15) is 0 Å². The third-order valence-electron chi connectivity index (χ3n) is 2.47. The topological polar surface area (TPSA) is 40.5 Å². The number of hydrogen-bond acceptors (Lipinski definition) is 2. The highest BCUT2D eigenvalue weighted by Gasteiger charge is 2.35. The third-order valence-corrected chi connectivity index (χ3v) is 2.47. The summed E-state index contributed by atoms with van der Waals surface area (Å²) < 4.78 is 0. The summed E-state index contributed by atoms with van der Waals surface area (Å²) in [5.41, 5.74) is -0.137. The monoisotopic (exact) mass is 192 g/mol. The predicted molar refractivity (Wildman–Crippen MR) is 56.8 cm³/mol. The Morgan fingerprint density at radius 1 is 1.36 bits per heavy atom. The maximum Gasteiger partial charge on any atom is 0.136 e. The van der Waals surface area contributed by atoms with Crippen LogP contribution in [0, 0.1) is 0 Å². The molecular formula is C12H16O2. The molecule has 0 spiro atoms. The minimum absolute atomic E-state index is 0.540. The zero-order valence-corrected chi connectivity index (χ0v) is 8.57. The lowest BCUT2D eigenvalue weighted by Gasteiger charge is -2.32. The van der Waals surface area contributed by atoms with Gasteiger partial charge in [0.05, 0.1) is 6.10 Å². The molecule has 0 amide bonds. The molecule has 1 rings (SSSR count). The summed E-state index contributed by atoms with van der Waals surface area (Å²) in [6.07, 6.45) is -0.873. The van der Waals surface area contributed by atoms with Crippen molar-refractivity contribution in [3.8, 4) is 0 Å². The first-order chi connectivity index (χ1) is 6.49. The Labute approximate surface area is 84.5 Å². The zero-order chi connectivity index (χ0) is 10.8. The number of rotatable bonds is 3. The smallest absolute Gasteiger partial charge is 0.136 e. The summed E-state index contributed by atoms with van der Waals surface area (Å²) in [4.78, 5) is 0. The molecule has 0 aliphatic heterocycles. The van der Waals surface area contributed by atoms with Crippen LogP contribution in [0.25, 0.3) is 0 Å². The van der Waals surface area contributed by atoms with E-state index in [9.17, 15) is 10.2 Å². The van der Waals surface area contributed by atoms with Gasteiger partial charge in [-0.15, -0.1) is 0 Å². The van der Waals surface area contributed by atoms with Gasteiger partial charge < -0.3 is 10.2 Å². The maximum atomic E-state index is 10.3. The van der Waals surface area contributed by atoms with Gasteiger partial charge in [0.2, 0.25) is 0 Å². The van der Waals surface area contributed by atoms with Gasteiger partial charge in [-0.05, 0) is 25.0 Å². The lowest BCUT2D eigenvalue weighted by Crippen LogP contribution is -2.38. The van der Waals surface area contributed by atoms with Crippen LogP contribution in [0.2, 0.25) is 0 Å². The van der Waals surface area contributed by atoms with Gasteiger partial charge in [0.1, 0.15) is 5.60 Å². The van der Waals surface area contributed by atoms with Crippen molar-refractivity contribution < 1.29 is 10.2 Å². The highest BCUT2D eigenvalue weighted by atomic mass is 16.3. The van der Waals surface area contributed by atoms with Crippen molar-refractivity contribution in [2.45, 2.75) is 25.6 Å². The van der Waals surface area contributed by atoms with Crippen LogP contribution in [-0.4, -0.2) is 16.3 Å². The maximum absolute atomic E-state index is 10.3. The lowest BCUT2D eigenvalue weighted by atomic mass is 9.83. The zero-order valence-electron chi connectivity index (χ0n) is 8.57. The van der Waals surface area contributed by atoms with Crippen LogP contribution in [0.5, 0.6) is 0 Å². The standard InChI is InChI=1S/C12H16O2/c1-9(2)12(14,10(3)13)11-7-5-4-6-8-11/h4-8,10,13-14H,1H2,2-3H3. The van der Waals surface area contributed by atoms with Crippen LogP contribution >= 0.6 is 0 Å². The fourth-order valence-electron chi connectivity index (χ4n) is 1.54. The fourth-order valence-corrected chi connectivity index (χ4v) is 1.54. The van der Waals surface area contributed by atoms with Crippen molar-refractivity contribution >= 4 is 0 Å². The highest BCUT2D eigenvalue weighted by molar-refractivity contribution is 5.32. The Bertz CT molecular complexity index is 316. The molecule has 1 aromatic rings. The summed E-state index contributed by atoms with van der Waals surface area (Å²) in [5.74, 6) is 0. The first kappa shape index (κ1) is 11.0. The van der Waals surface area contributed by atoms with E-state index >= 15 is 0 Å². The number of aliphatic hydroxyl groups excluding tert-OH is 1. The van der Waals surface area contributed by atoms with Crippen molar-refractivity contribution in [3.05, 3.63) is 48.0 Å². The molecule has 1 aromatic carbocycles. The second-order valence-electron chi connectivity index (χ2n) is 3.59. The highest BCUT2D eigenvalue weighted by Crippen LogP contribution is 2.31. The van der Waals surface area contributed by atoms with E-state index in [1.165, 1.54) is 0 Å². The van der Waals surface area contributed by atoms with Gasteiger partial charge in [0.15, 0.2) is 0 Å². The van der Waals surface area contributed by atoms with E-state index in [1.54, 1.807) is 26.0 Å². The third kappa shape index (κ3) is 1.72. The molecule has 0 saturated carbocycles. The van der Waals surface area contributed by atoms with E-state index in [0.29, 0.717) is 11.1 Å². The minimum Gasteiger partial charge on any atom is -0.390 e. The van der Waals surface area contributed by atoms with E-state index in [1.807, 2.05) is 18.2 Å². The lowest BCUT2D eigenvalue weighted by molar-refractivity contribution is -0.0421. The molecule has 2 nitrogen and oxygen atoms in total. The van der Waals surface area contributed by atoms with Crippen LogP contribution in [0.15, 0.2) is 42.5 Å². The van der Waals surface area contributed by atoms with E-state index in [2.05, 4.69) is 6.58 Å². The quantitative estimate of drug-likeness (QED) is 0.717. The van der Waals surface area contributed by atoms with Crippen LogP contribution in [-0.2, 0) is 5.60 Å². The first-order valence-electron chi connectivity index (χ1n) is 4.61. The van der Waals surface area contributed by atoms with Crippen molar-refractivity contribution in [2.75, 3.05) is 0 Å². The normalized spacial score (nSPS) is 17.1. The summed E-state index contributed by atoms with van der Waals surface area (Å²) >= 11 is 0. The van der Waals surface area contributed by atoms with Crippen molar-refractivity contribution in [1.82, 2.24) is 0 Å². The van der Waals surface area contributed by atoms with Gasteiger partial charge in [-0.1, -0.05) is 36.9 Å². The molecule has 0 fully saturated rings. The van der Waals surface area contributed by atoms with Crippen molar-refractivity contribution in [2.24, 2.45) is 0 Å². The number of benzene rings is 1. The van der Waals surface area contributed by atoms with E-state index in [4.69, 9.17) is 0 Å². The van der Waals surface area contributed by atoms with Gasteiger partial charge in [0.25, 0.3) is 0 Å².